The van der Waals surface area contributed by atoms with E-state index in [0.29, 0.717) is 24.7 Å². The summed E-state index contributed by atoms with van der Waals surface area (Å²) in [4.78, 5) is 0. The summed E-state index contributed by atoms with van der Waals surface area (Å²) in [6, 6.07) is 11.0. The van der Waals surface area contributed by atoms with Crippen LogP contribution in [0.3, 0.4) is 0 Å². The van der Waals surface area contributed by atoms with Crippen LogP contribution in [0.15, 0.2) is 54.6 Å². The standard InChI is InChI=1S/C42H46F8O3/c1-3-11-27(12-7-5-9-22-52-31-18-19-32(33(43)26-31)30-24-34(44)40(48)35(45)25-30)13-8-6-10-23-53-37-21-17-29(39(47)42(37)50)15-14-28-16-20-36(51-4-2)41(49)38(28)46/h16-21,24-27H,3-15,22-23H2,1-2H3. The van der Waals surface area contributed by atoms with Crippen molar-refractivity contribution in [3.63, 3.8) is 0 Å². The first-order chi connectivity index (χ1) is 25.5. The van der Waals surface area contributed by atoms with Crippen LogP contribution in [-0.2, 0) is 12.8 Å². The molecule has 11 heteroatoms. The van der Waals surface area contributed by atoms with Crippen molar-refractivity contribution in [1.82, 2.24) is 0 Å². The fraction of sp³-hybridized carbons (Fsp3) is 0.429. The summed E-state index contributed by atoms with van der Waals surface area (Å²) in [6.07, 6.45) is 9.51. The summed E-state index contributed by atoms with van der Waals surface area (Å²) >= 11 is 0. The quantitative estimate of drug-likeness (QED) is 0.0455. The molecular weight excluding hydrogens is 704 g/mol. The molecule has 4 aromatic rings. The Balaban J connectivity index is 1.11. The van der Waals surface area contributed by atoms with Crippen LogP contribution in [0.25, 0.3) is 11.1 Å². The molecule has 0 radical (unpaired) electrons. The second-order valence-corrected chi connectivity index (χ2v) is 13.1. The van der Waals surface area contributed by atoms with Gasteiger partial charge in [0.15, 0.2) is 40.6 Å². The average Bonchev–Trinajstić information content (AvgIpc) is 3.13. The minimum absolute atomic E-state index is 0.0185. The largest absolute Gasteiger partial charge is 0.493 e. The van der Waals surface area contributed by atoms with Crippen molar-refractivity contribution in [3.05, 3.63) is 112 Å². The Hall–Kier alpha value is -4.28. The molecule has 1 atom stereocenters. The predicted molar refractivity (Wildman–Crippen MR) is 189 cm³/mol. The SMILES string of the molecule is CCCC(CCCCCOc1ccc(-c2cc(F)c(F)c(F)c2)c(F)c1)CCCCCOc1ccc(CCc2ccc(OCC)c(F)c2F)c(F)c1F. The van der Waals surface area contributed by atoms with Gasteiger partial charge < -0.3 is 14.2 Å². The third-order valence-corrected chi connectivity index (χ3v) is 9.19. The number of rotatable bonds is 22. The second-order valence-electron chi connectivity index (χ2n) is 13.1. The maximum absolute atomic E-state index is 14.8. The number of aryl methyl sites for hydroxylation is 2. The van der Waals surface area contributed by atoms with Crippen molar-refractivity contribution in [2.45, 2.75) is 90.9 Å². The molecule has 0 N–H and O–H groups in total. The molecule has 4 aromatic carbocycles. The van der Waals surface area contributed by atoms with E-state index in [9.17, 15) is 35.1 Å². The average molecular weight is 751 g/mol. The lowest BCUT2D eigenvalue weighted by molar-refractivity contribution is 0.280. The number of hydrogen-bond acceptors (Lipinski definition) is 3. The second kappa shape index (κ2) is 20.8. The van der Waals surface area contributed by atoms with Gasteiger partial charge >= 0.3 is 0 Å². The van der Waals surface area contributed by atoms with Crippen LogP contribution < -0.4 is 14.2 Å². The van der Waals surface area contributed by atoms with E-state index >= 15 is 0 Å². The van der Waals surface area contributed by atoms with E-state index in [1.807, 2.05) is 0 Å². The van der Waals surface area contributed by atoms with E-state index in [1.54, 1.807) is 6.92 Å². The lowest BCUT2D eigenvalue weighted by Crippen LogP contribution is -2.05. The summed E-state index contributed by atoms with van der Waals surface area (Å²) in [5.74, 6) is -8.97. The van der Waals surface area contributed by atoms with Gasteiger partial charge in [-0.05, 0) is 91.6 Å². The van der Waals surface area contributed by atoms with Crippen LogP contribution >= 0.6 is 0 Å². The summed E-state index contributed by atoms with van der Waals surface area (Å²) < 4.78 is 129. The molecule has 0 aliphatic rings. The van der Waals surface area contributed by atoms with Gasteiger partial charge in [-0.1, -0.05) is 70.4 Å². The van der Waals surface area contributed by atoms with E-state index in [2.05, 4.69) is 6.92 Å². The van der Waals surface area contributed by atoms with Crippen LogP contribution in [0.4, 0.5) is 35.1 Å². The van der Waals surface area contributed by atoms with Crippen molar-refractivity contribution >= 4 is 0 Å². The van der Waals surface area contributed by atoms with Gasteiger partial charge in [0.05, 0.1) is 19.8 Å². The highest BCUT2D eigenvalue weighted by Gasteiger charge is 2.19. The fourth-order valence-corrected chi connectivity index (χ4v) is 6.35. The third-order valence-electron chi connectivity index (χ3n) is 9.19. The van der Waals surface area contributed by atoms with Crippen LogP contribution in [0.1, 0.15) is 89.2 Å². The van der Waals surface area contributed by atoms with Gasteiger partial charge in [0.2, 0.25) is 11.6 Å². The molecule has 53 heavy (non-hydrogen) atoms. The van der Waals surface area contributed by atoms with Crippen LogP contribution in [0.2, 0.25) is 0 Å². The predicted octanol–water partition coefficient (Wildman–Crippen LogP) is 12.6. The molecule has 0 bridgehead atoms. The molecule has 0 aliphatic carbocycles. The first-order valence-electron chi connectivity index (χ1n) is 18.3. The summed E-state index contributed by atoms with van der Waals surface area (Å²) in [5, 5.41) is 0. The molecule has 0 aliphatic heterocycles. The molecule has 4 rings (SSSR count). The number of unbranched alkanes of at least 4 members (excludes halogenated alkanes) is 4. The van der Waals surface area contributed by atoms with Crippen molar-refractivity contribution in [3.8, 4) is 28.4 Å². The van der Waals surface area contributed by atoms with E-state index in [1.165, 1.54) is 36.4 Å². The van der Waals surface area contributed by atoms with Gasteiger partial charge in [0.1, 0.15) is 11.6 Å². The van der Waals surface area contributed by atoms with Gasteiger partial charge in [-0.15, -0.1) is 0 Å². The Morgan fingerprint density at radius 1 is 0.491 bits per heavy atom. The lowest BCUT2D eigenvalue weighted by Gasteiger charge is -2.16. The third kappa shape index (κ3) is 11.9. The van der Waals surface area contributed by atoms with Crippen molar-refractivity contribution in [2.75, 3.05) is 19.8 Å². The van der Waals surface area contributed by atoms with Gasteiger partial charge in [0.25, 0.3) is 0 Å². The maximum Gasteiger partial charge on any atom is 0.200 e. The Morgan fingerprint density at radius 3 is 1.57 bits per heavy atom. The van der Waals surface area contributed by atoms with Crippen molar-refractivity contribution in [2.24, 2.45) is 5.92 Å². The Labute approximate surface area is 306 Å². The number of halogens is 8. The molecule has 0 saturated carbocycles. The van der Waals surface area contributed by atoms with Gasteiger partial charge in [-0.25, -0.2) is 26.3 Å². The summed E-state index contributed by atoms with van der Waals surface area (Å²) in [5.41, 5.74) is -0.0803. The monoisotopic (exact) mass is 750 g/mol. The van der Waals surface area contributed by atoms with Crippen LogP contribution in [0.5, 0.6) is 17.2 Å². The van der Waals surface area contributed by atoms with Gasteiger partial charge in [-0.3, -0.25) is 0 Å². The highest BCUT2D eigenvalue weighted by Crippen LogP contribution is 2.30. The highest BCUT2D eigenvalue weighted by molar-refractivity contribution is 5.65. The van der Waals surface area contributed by atoms with Crippen molar-refractivity contribution < 1.29 is 49.3 Å². The number of ether oxygens (including phenoxy) is 3. The smallest absolute Gasteiger partial charge is 0.200 e. The van der Waals surface area contributed by atoms with E-state index in [0.717, 1.165) is 76.0 Å². The Kier molecular flexibility index (Phi) is 16.3. The first-order valence-corrected chi connectivity index (χ1v) is 18.3. The fourth-order valence-electron chi connectivity index (χ4n) is 6.35. The van der Waals surface area contributed by atoms with E-state index in [-0.39, 0.29) is 59.8 Å². The zero-order chi connectivity index (χ0) is 38.3. The Morgan fingerprint density at radius 2 is 1.04 bits per heavy atom. The molecule has 0 aromatic heterocycles. The van der Waals surface area contributed by atoms with Gasteiger partial charge in [0, 0.05) is 11.6 Å². The van der Waals surface area contributed by atoms with Crippen molar-refractivity contribution in [1.29, 1.82) is 0 Å². The van der Waals surface area contributed by atoms with E-state index < -0.39 is 46.5 Å². The molecule has 0 amide bonds. The molecular formula is C42H46F8O3. The zero-order valence-corrected chi connectivity index (χ0v) is 30.1. The summed E-state index contributed by atoms with van der Waals surface area (Å²) in [6.45, 7) is 4.61. The maximum atomic E-state index is 14.8. The summed E-state index contributed by atoms with van der Waals surface area (Å²) in [7, 11) is 0. The molecule has 0 spiro atoms. The number of hydrogen-bond donors (Lipinski definition) is 0. The minimum atomic E-state index is -1.60. The molecule has 3 nitrogen and oxygen atoms in total. The van der Waals surface area contributed by atoms with Crippen LogP contribution in [0, 0.1) is 52.5 Å². The number of benzene rings is 4. The first kappa shape index (κ1) is 41.5. The zero-order valence-electron chi connectivity index (χ0n) is 30.1. The molecule has 0 fully saturated rings. The van der Waals surface area contributed by atoms with Crippen LogP contribution in [-0.4, -0.2) is 19.8 Å². The lowest BCUT2D eigenvalue weighted by atomic mass is 9.91. The highest BCUT2D eigenvalue weighted by atomic mass is 19.2. The van der Waals surface area contributed by atoms with Gasteiger partial charge in [-0.2, -0.15) is 8.78 Å². The normalized spacial score (nSPS) is 11.9. The molecule has 0 heterocycles. The molecule has 288 valence electrons. The minimum Gasteiger partial charge on any atom is -0.493 e. The van der Waals surface area contributed by atoms with E-state index in [4.69, 9.17) is 14.2 Å². The Bertz CT molecular complexity index is 1760. The topological polar surface area (TPSA) is 27.7 Å². The molecule has 0 saturated heterocycles. The molecule has 1 unspecified atom stereocenters.